The van der Waals surface area contributed by atoms with Gasteiger partial charge in [-0.3, -0.25) is 0 Å². The van der Waals surface area contributed by atoms with E-state index in [0.717, 1.165) is 35.4 Å². The Hall–Kier alpha value is -3.07. The first-order chi connectivity index (χ1) is 14.6. The van der Waals surface area contributed by atoms with Crippen LogP contribution in [0.25, 0.3) is 33.0 Å². The van der Waals surface area contributed by atoms with Gasteiger partial charge < -0.3 is 0 Å². The molecule has 3 heteroatoms. The Morgan fingerprint density at radius 2 is 1.37 bits per heavy atom. The summed E-state index contributed by atoms with van der Waals surface area (Å²) in [5.74, 6) is -2.00. The third-order valence-corrected chi connectivity index (χ3v) is 5.54. The van der Waals surface area contributed by atoms with Crippen molar-refractivity contribution < 1.29 is 13.2 Å². The molecule has 0 amide bonds. The fraction of sp³-hybridized carbons (Fsp3) is 0.185. The monoisotopic (exact) mass is 404 g/mol. The number of aryl methyl sites for hydroxylation is 1. The molecule has 0 nitrogen and oxygen atoms in total. The summed E-state index contributed by atoms with van der Waals surface area (Å²) in [5.41, 5.74) is 3.83. The van der Waals surface area contributed by atoms with Crippen LogP contribution in [0.5, 0.6) is 0 Å². The van der Waals surface area contributed by atoms with Crippen LogP contribution in [0.15, 0.2) is 72.8 Å². The molecule has 0 atom stereocenters. The van der Waals surface area contributed by atoms with Crippen molar-refractivity contribution in [2.75, 3.05) is 0 Å². The Bertz CT molecular complexity index is 1180. The van der Waals surface area contributed by atoms with E-state index >= 15 is 4.39 Å². The van der Waals surface area contributed by atoms with E-state index in [2.05, 4.69) is 13.0 Å². The average molecular weight is 404 g/mol. The van der Waals surface area contributed by atoms with Crippen molar-refractivity contribution in [3.63, 3.8) is 0 Å². The smallest absolute Gasteiger partial charge is 0.159 e. The standard InChI is InChI=1S/C27H23F3/c1-2-3-4-5-18-6-13-24-22(16-18)11-14-23(27(24)30)20-9-7-19(8-10-20)21-12-15-25(28)26(29)17-21/h6-17H,2-5H2,1H3. The van der Waals surface area contributed by atoms with Gasteiger partial charge in [-0.25, -0.2) is 13.2 Å². The first-order valence-electron chi connectivity index (χ1n) is 10.3. The first kappa shape index (κ1) is 20.2. The summed E-state index contributed by atoms with van der Waals surface area (Å²) in [6.07, 6.45) is 4.54. The maximum atomic E-state index is 15.2. The predicted molar refractivity (Wildman–Crippen MR) is 118 cm³/mol. The van der Waals surface area contributed by atoms with E-state index < -0.39 is 11.6 Å². The highest BCUT2D eigenvalue weighted by molar-refractivity contribution is 5.89. The largest absolute Gasteiger partial charge is 0.206 e. The quantitative estimate of drug-likeness (QED) is 0.283. The van der Waals surface area contributed by atoms with Crippen LogP contribution in [0.4, 0.5) is 13.2 Å². The number of hydrogen-bond donors (Lipinski definition) is 0. The predicted octanol–water partition coefficient (Wildman–Crippen LogP) is 8.32. The molecule has 0 saturated carbocycles. The molecule has 152 valence electrons. The average Bonchev–Trinajstić information content (AvgIpc) is 2.76. The summed E-state index contributed by atoms with van der Waals surface area (Å²) >= 11 is 0. The maximum Gasteiger partial charge on any atom is 0.159 e. The van der Waals surface area contributed by atoms with Crippen LogP contribution in [-0.4, -0.2) is 0 Å². The van der Waals surface area contributed by atoms with Crippen molar-refractivity contribution in [3.8, 4) is 22.3 Å². The zero-order valence-corrected chi connectivity index (χ0v) is 16.9. The van der Waals surface area contributed by atoms with Gasteiger partial charge in [0.1, 0.15) is 5.82 Å². The Morgan fingerprint density at radius 1 is 0.633 bits per heavy atom. The molecule has 0 spiro atoms. The minimum Gasteiger partial charge on any atom is -0.206 e. The molecule has 0 N–H and O–H groups in total. The molecule has 0 unspecified atom stereocenters. The second kappa shape index (κ2) is 8.74. The molecular formula is C27H23F3. The first-order valence-corrected chi connectivity index (χ1v) is 10.3. The van der Waals surface area contributed by atoms with Gasteiger partial charge >= 0.3 is 0 Å². The van der Waals surface area contributed by atoms with Crippen LogP contribution in [0.2, 0.25) is 0 Å². The molecular weight excluding hydrogens is 381 g/mol. The lowest BCUT2D eigenvalue weighted by Gasteiger charge is -2.10. The fourth-order valence-electron chi connectivity index (χ4n) is 3.82. The van der Waals surface area contributed by atoms with E-state index in [0.29, 0.717) is 16.5 Å². The van der Waals surface area contributed by atoms with Crippen LogP contribution in [0.3, 0.4) is 0 Å². The fourth-order valence-corrected chi connectivity index (χ4v) is 3.82. The minimum absolute atomic E-state index is 0.242. The van der Waals surface area contributed by atoms with Gasteiger partial charge in [-0.15, -0.1) is 0 Å². The Kier molecular flexibility index (Phi) is 5.89. The lowest BCUT2D eigenvalue weighted by Crippen LogP contribution is -1.90. The van der Waals surface area contributed by atoms with Gasteiger partial charge in [0.05, 0.1) is 0 Å². The summed E-state index contributed by atoms with van der Waals surface area (Å²) in [6, 6.07) is 20.7. The van der Waals surface area contributed by atoms with Crippen molar-refractivity contribution in [2.45, 2.75) is 32.6 Å². The molecule has 0 aliphatic heterocycles. The van der Waals surface area contributed by atoms with Crippen LogP contribution in [-0.2, 0) is 6.42 Å². The molecule has 0 aliphatic rings. The molecule has 0 heterocycles. The van der Waals surface area contributed by atoms with E-state index in [9.17, 15) is 8.78 Å². The molecule has 4 aromatic carbocycles. The SMILES string of the molecule is CCCCCc1ccc2c(F)c(-c3ccc(-c4ccc(F)c(F)c4)cc3)ccc2c1. The number of halogens is 3. The summed E-state index contributed by atoms with van der Waals surface area (Å²) in [4.78, 5) is 0. The molecule has 4 rings (SSSR count). The van der Waals surface area contributed by atoms with Crippen LogP contribution in [0.1, 0.15) is 31.7 Å². The molecule has 0 aliphatic carbocycles. The molecule has 0 fully saturated rings. The second-order valence-corrected chi connectivity index (χ2v) is 7.65. The number of fused-ring (bicyclic) bond motifs is 1. The lowest BCUT2D eigenvalue weighted by atomic mass is 9.96. The number of rotatable bonds is 6. The van der Waals surface area contributed by atoms with Crippen LogP contribution < -0.4 is 0 Å². The summed E-state index contributed by atoms with van der Waals surface area (Å²) < 4.78 is 41.9. The number of hydrogen-bond acceptors (Lipinski definition) is 0. The summed E-state index contributed by atoms with van der Waals surface area (Å²) in [6.45, 7) is 2.18. The molecule has 0 bridgehead atoms. The van der Waals surface area contributed by atoms with E-state index in [1.165, 1.54) is 30.5 Å². The molecule has 30 heavy (non-hydrogen) atoms. The van der Waals surface area contributed by atoms with Crippen molar-refractivity contribution in [1.82, 2.24) is 0 Å². The van der Waals surface area contributed by atoms with Gasteiger partial charge in [0, 0.05) is 10.9 Å². The van der Waals surface area contributed by atoms with E-state index in [1.54, 1.807) is 30.3 Å². The molecule has 0 aromatic heterocycles. The highest BCUT2D eigenvalue weighted by atomic mass is 19.2. The second-order valence-electron chi connectivity index (χ2n) is 7.65. The van der Waals surface area contributed by atoms with E-state index in [4.69, 9.17) is 0 Å². The minimum atomic E-state index is -0.883. The Labute approximate surface area is 175 Å². The molecule has 4 aromatic rings. The van der Waals surface area contributed by atoms with Crippen molar-refractivity contribution in [2.24, 2.45) is 0 Å². The van der Waals surface area contributed by atoms with Crippen LogP contribution >= 0.6 is 0 Å². The Morgan fingerprint density at radius 3 is 2.10 bits per heavy atom. The van der Waals surface area contributed by atoms with Crippen molar-refractivity contribution in [1.29, 1.82) is 0 Å². The van der Waals surface area contributed by atoms with E-state index in [1.807, 2.05) is 18.2 Å². The maximum absolute atomic E-state index is 15.2. The normalized spacial score (nSPS) is 11.2. The summed E-state index contributed by atoms with van der Waals surface area (Å²) in [7, 11) is 0. The number of unbranched alkanes of at least 4 members (excludes halogenated alkanes) is 2. The molecule has 0 radical (unpaired) electrons. The lowest BCUT2D eigenvalue weighted by molar-refractivity contribution is 0.509. The van der Waals surface area contributed by atoms with Crippen molar-refractivity contribution in [3.05, 3.63) is 95.8 Å². The van der Waals surface area contributed by atoms with Crippen LogP contribution in [0, 0.1) is 17.5 Å². The van der Waals surface area contributed by atoms with Gasteiger partial charge in [-0.2, -0.15) is 0 Å². The van der Waals surface area contributed by atoms with Gasteiger partial charge in [-0.1, -0.05) is 80.4 Å². The van der Waals surface area contributed by atoms with Gasteiger partial charge in [0.2, 0.25) is 0 Å². The topological polar surface area (TPSA) is 0 Å². The Balaban J connectivity index is 1.63. The number of benzene rings is 4. The van der Waals surface area contributed by atoms with E-state index in [-0.39, 0.29) is 5.82 Å². The van der Waals surface area contributed by atoms with Gasteiger partial charge in [0.25, 0.3) is 0 Å². The molecule has 0 saturated heterocycles. The highest BCUT2D eigenvalue weighted by Gasteiger charge is 2.11. The zero-order valence-electron chi connectivity index (χ0n) is 16.9. The third-order valence-electron chi connectivity index (χ3n) is 5.54. The zero-order chi connectivity index (χ0) is 21.1. The van der Waals surface area contributed by atoms with Gasteiger partial charge in [0.15, 0.2) is 11.6 Å². The third kappa shape index (κ3) is 4.11. The van der Waals surface area contributed by atoms with Crippen molar-refractivity contribution >= 4 is 10.8 Å². The highest BCUT2D eigenvalue weighted by Crippen LogP contribution is 2.31. The summed E-state index contributed by atoms with van der Waals surface area (Å²) in [5, 5.41) is 1.51. The van der Waals surface area contributed by atoms with Gasteiger partial charge in [-0.05, 0) is 52.6 Å².